The van der Waals surface area contributed by atoms with Gasteiger partial charge in [0.2, 0.25) is 0 Å². The van der Waals surface area contributed by atoms with Crippen molar-refractivity contribution in [1.29, 1.82) is 0 Å². The van der Waals surface area contributed by atoms with Gasteiger partial charge < -0.3 is 14.2 Å². The van der Waals surface area contributed by atoms with Gasteiger partial charge in [-0.05, 0) is 109 Å². The van der Waals surface area contributed by atoms with E-state index in [1.165, 1.54) is 57.8 Å². The van der Waals surface area contributed by atoms with Crippen molar-refractivity contribution in [3.05, 3.63) is 109 Å². The number of hydrogen-bond donors (Lipinski definition) is 0. The molecule has 6 heteroatoms. The molecule has 0 saturated carbocycles. The molecule has 0 spiro atoms. The van der Waals surface area contributed by atoms with Crippen LogP contribution in [0.4, 0.5) is 0 Å². The maximum Gasteiger partial charge on any atom is 0.306 e. The van der Waals surface area contributed by atoms with Gasteiger partial charge in [0.25, 0.3) is 0 Å². The second-order valence-electron chi connectivity index (χ2n) is 16.7. The molecule has 0 radical (unpaired) electrons. The van der Waals surface area contributed by atoms with E-state index in [0.717, 1.165) is 116 Å². The zero-order valence-electron chi connectivity index (χ0n) is 41.3. The van der Waals surface area contributed by atoms with Gasteiger partial charge in [-0.15, -0.1) is 0 Å². The number of esters is 3. The molecule has 0 aromatic heterocycles. The first-order chi connectivity index (χ1) is 31.5. The van der Waals surface area contributed by atoms with Gasteiger partial charge in [-0.3, -0.25) is 14.4 Å². The lowest BCUT2D eigenvalue weighted by molar-refractivity contribution is -0.166. The van der Waals surface area contributed by atoms with E-state index in [4.69, 9.17) is 14.2 Å². The summed E-state index contributed by atoms with van der Waals surface area (Å²) in [5, 5.41) is 0. The standard InChI is InChI=1S/C58H94O6/c1-4-7-10-13-16-19-22-25-28-30-33-36-39-42-45-48-51-57(60)63-54-55(53-62-56(59)50-47-44-41-38-35-32-27-24-21-18-15-12-9-6-3)64-58(61)52-49-46-43-40-37-34-31-29-26-23-20-17-14-11-8-5-2/h7,9-10,12,16,18-19,21,25,27-29,31-33,36,42,45,55H,4-6,8,11,13-15,17,20,22-24,26,30,34-35,37-41,43-44,46-54H2,1-3H3/b10-7-,12-9-,19-16-,21-18-,28-25-,31-29-,32-27-,36-33-,45-42-. The molecule has 0 aliphatic carbocycles. The van der Waals surface area contributed by atoms with Crippen LogP contribution >= 0.6 is 0 Å². The van der Waals surface area contributed by atoms with Gasteiger partial charge in [-0.25, -0.2) is 0 Å². The van der Waals surface area contributed by atoms with Gasteiger partial charge in [-0.1, -0.05) is 201 Å². The summed E-state index contributed by atoms with van der Waals surface area (Å²) in [5.41, 5.74) is 0. The van der Waals surface area contributed by atoms with Gasteiger partial charge in [0.1, 0.15) is 13.2 Å². The summed E-state index contributed by atoms with van der Waals surface area (Å²) in [6.07, 6.45) is 69.4. The minimum atomic E-state index is -0.823. The second-order valence-corrected chi connectivity index (χ2v) is 16.7. The summed E-state index contributed by atoms with van der Waals surface area (Å²) in [5.74, 6) is -1.04. The fraction of sp³-hybridized carbons (Fsp3) is 0.638. The molecule has 0 N–H and O–H groups in total. The van der Waals surface area contributed by atoms with E-state index in [1.54, 1.807) is 0 Å². The third-order valence-electron chi connectivity index (χ3n) is 10.5. The van der Waals surface area contributed by atoms with E-state index in [1.807, 2.05) is 12.2 Å². The highest BCUT2D eigenvalue weighted by molar-refractivity contribution is 5.71. The topological polar surface area (TPSA) is 78.9 Å². The van der Waals surface area contributed by atoms with E-state index < -0.39 is 6.10 Å². The minimum Gasteiger partial charge on any atom is -0.462 e. The predicted molar refractivity (Wildman–Crippen MR) is 274 cm³/mol. The maximum absolute atomic E-state index is 12.8. The van der Waals surface area contributed by atoms with Crippen LogP contribution < -0.4 is 0 Å². The van der Waals surface area contributed by atoms with Crippen LogP contribution in [0.1, 0.15) is 220 Å². The molecule has 0 rings (SSSR count). The Morgan fingerprint density at radius 3 is 1.06 bits per heavy atom. The van der Waals surface area contributed by atoms with Gasteiger partial charge in [-0.2, -0.15) is 0 Å². The molecular formula is C58H94O6. The van der Waals surface area contributed by atoms with Crippen molar-refractivity contribution in [1.82, 2.24) is 0 Å². The van der Waals surface area contributed by atoms with Crippen LogP contribution in [-0.4, -0.2) is 37.2 Å². The predicted octanol–water partition coefficient (Wildman–Crippen LogP) is 17.1. The average molecular weight is 887 g/mol. The first kappa shape index (κ1) is 60.1. The largest absolute Gasteiger partial charge is 0.462 e. The van der Waals surface area contributed by atoms with Crippen LogP contribution in [0, 0.1) is 0 Å². The Hall–Kier alpha value is -3.93. The Morgan fingerprint density at radius 2 is 0.641 bits per heavy atom. The van der Waals surface area contributed by atoms with Gasteiger partial charge in [0.05, 0.1) is 0 Å². The van der Waals surface area contributed by atoms with E-state index in [-0.39, 0.29) is 37.5 Å². The molecule has 0 aromatic rings. The second kappa shape index (κ2) is 51.7. The summed E-state index contributed by atoms with van der Waals surface area (Å²) in [7, 11) is 0. The van der Waals surface area contributed by atoms with Crippen LogP contribution in [0.2, 0.25) is 0 Å². The summed E-state index contributed by atoms with van der Waals surface area (Å²) >= 11 is 0. The van der Waals surface area contributed by atoms with E-state index in [0.29, 0.717) is 19.3 Å². The van der Waals surface area contributed by atoms with Gasteiger partial charge in [0, 0.05) is 19.3 Å². The molecule has 0 aliphatic heterocycles. The molecular weight excluding hydrogens is 793 g/mol. The summed E-state index contributed by atoms with van der Waals surface area (Å²) in [6, 6.07) is 0. The molecule has 0 bridgehead atoms. The van der Waals surface area contributed by atoms with Gasteiger partial charge >= 0.3 is 17.9 Å². The lowest BCUT2D eigenvalue weighted by Crippen LogP contribution is -2.30. The van der Waals surface area contributed by atoms with E-state index in [9.17, 15) is 14.4 Å². The Kier molecular flexibility index (Phi) is 48.5. The van der Waals surface area contributed by atoms with Crippen molar-refractivity contribution in [2.75, 3.05) is 13.2 Å². The van der Waals surface area contributed by atoms with Crippen molar-refractivity contribution in [3.8, 4) is 0 Å². The number of ether oxygens (including phenoxy) is 3. The van der Waals surface area contributed by atoms with Crippen molar-refractivity contribution < 1.29 is 28.6 Å². The van der Waals surface area contributed by atoms with Crippen molar-refractivity contribution in [3.63, 3.8) is 0 Å². The van der Waals surface area contributed by atoms with Crippen LogP contribution in [-0.2, 0) is 28.6 Å². The number of hydrogen-bond acceptors (Lipinski definition) is 6. The molecule has 362 valence electrons. The summed E-state index contributed by atoms with van der Waals surface area (Å²) in [4.78, 5) is 38.0. The fourth-order valence-electron chi connectivity index (χ4n) is 6.68. The van der Waals surface area contributed by atoms with Crippen molar-refractivity contribution in [2.45, 2.75) is 226 Å². The van der Waals surface area contributed by atoms with E-state index in [2.05, 4.69) is 118 Å². The van der Waals surface area contributed by atoms with Crippen LogP contribution in [0.5, 0.6) is 0 Å². The third-order valence-corrected chi connectivity index (χ3v) is 10.5. The molecule has 0 fully saturated rings. The number of carbonyl (C=O) groups is 3. The Morgan fingerprint density at radius 1 is 0.328 bits per heavy atom. The molecule has 0 aliphatic rings. The lowest BCUT2D eigenvalue weighted by Gasteiger charge is -2.18. The number of allylic oxidation sites excluding steroid dienone is 18. The average Bonchev–Trinajstić information content (AvgIpc) is 3.29. The molecule has 0 heterocycles. The highest BCUT2D eigenvalue weighted by Gasteiger charge is 2.19. The SMILES string of the molecule is CC/C=C\C/C=C\C/C=C\C/C=C\C/C=C\CCC(=O)OCC(COC(=O)CCCCCC/C=C\C/C=C\C/C=C\CC)OC(=O)CCCCCCC/C=C\CCCCCCCCC. The highest BCUT2D eigenvalue weighted by Crippen LogP contribution is 2.13. The monoisotopic (exact) mass is 887 g/mol. The summed E-state index contributed by atoms with van der Waals surface area (Å²) < 4.78 is 16.7. The molecule has 64 heavy (non-hydrogen) atoms. The Balaban J connectivity index is 4.55. The molecule has 1 atom stereocenters. The molecule has 0 amide bonds. The Bertz CT molecular complexity index is 1340. The number of unbranched alkanes of at least 4 members (excludes halogenated alkanes) is 16. The smallest absolute Gasteiger partial charge is 0.306 e. The number of rotatable bonds is 45. The number of carbonyl (C=O) groups excluding carboxylic acids is 3. The highest BCUT2D eigenvalue weighted by atomic mass is 16.6. The molecule has 0 saturated heterocycles. The molecule has 0 aromatic carbocycles. The first-order valence-corrected chi connectivity index (χ1v) is 25.9. The van der Waals surface area contributed by atoms with Crippen molar-refractivity contribution >= 4 is 17.9 Å². The third kappa shape index (κ3) is 49.1. The minimum absolute atomic E-state index is 0.118. The summed E-state index contributed by atoms with van der Waals surface area (Å²) in [6.45, 7) is 6.30. The maximum atomic E-state index is 12.8. The van der Waals surface area contributed by atoms with Crippen molar-refractivity contribution in [2.24, 2.45) is 0 Å². The fourth-order valence-corrected chi connectivity index (χ4v) is 6.68. The zero-order chi connectivity index (χ0) is 46.5. The van der Waals surface area contributed by atoms with Crippen LogP contribution in [0.15, 0.2) is 109 Å². The van der Waals surface area contributed by atoms with Gasteiger partial charge in [0.15, 0.2) is 6.10 Å². The Labute approximate surface area is 393 Å². The molecule has 1 unspecified atom stereocenters. The first-order valence-electron chi connectivity index (χ1n) is 25.9. The molecule has 6 nitrogen and oxygen atoms in total. The van der Waals surface area contributed by atoms with Crippen LogP contribution in [0.3, 0.4) is 0 Å². The van der Waals surface area contributed by atoms with Crippen LogP contribution in [0.25, 0.3) is 0 Å². The normalized spacial score (nSPS) is 13.0. The van der Waals surface area contributed by atoms with E-state index >= 15 is 0 Å². The lowest BCUT2D eigenvalue weighted by atomic mass is 10.1. The quantitative estimate of drug-likeness (QED) is 0.0262. The zero-order valence-corrected chi connectivity index (χ0v) is 41.3.